The Hall–Kier alpha value is -1.09. The topological polar surface area (TPSA) is 81.4 Å². The number of nitrogens with one attached hydrogen (secondary N) is 1. The number of sulfonamides is 1. The Morgan fingerprint density at radius 1 is 1.30 bits per heavy atom. The smallest absolute Gasteiger partial charge is 0.250 e. The molecule has 1 heterocycles. The molecular formula is C12H13BrN2O3S2. The number of hydrogen-bond donors (Lipinski definition) is 2. The van der Waals surface area contributed by atoms with E-state index in [1.54, 1.807) is 36.4 Å². The van der Waals surface area contributed by atoms with Crippen molar-refractivity contribution in [3.63, 3.8) is 0 Å². The first kappa shape index (κ1) is 15.3. The van der Waals surface area contributed by atoms with Gasteiger partial charge in [-0.15, -0.1) is 11.3 Å². The van der Waals surface area contributed by atoms with Gasteiger partial charge < -0.3 is 10.5 Å². The van der Waals surface area contributed by atoms with E-state index in [0.717, 1.165) is 15.1 Å². The van der Waals surface area contributed by atoms with Gasteiger partial charge in [0.05, 0.1) is 3.79 Å². The third kappa shape index (κ3) is 4.20. The van der Waals surface area contributed by atoms with Gasteiger partial charge in [0.15, 0.2) is 0 Å². The van der Waals surface area contributed by atoms with Crippen molar-refractivity contribution in [3.8, 4) is 5.75 Å². The molecule has 1 aromatic heterocycles. The summed E-state index contributed by atoms with van der Waals surface area (Å²) in [6, 6.07) is 10.2. The number of anilines is 1. The van der Waals surface area contributed by atoms with Crippen molar-refractivity contribution in [3.05, 3.63) is 40.2 Å². The SMILES string of the molecule is Nc1cccc(OCCNS(=O)(=O)c2ccc(Br)s2)c1. The Labute approximate surface area is 129 Å². The predicted molar refractivity (Wildman–Crippen MR) is 83.6 cm³/mol. The summed E-state index contributed by atoms with van der Waals surface area (Å²) in [5, 5.41) is 0. The third-order valence-corrected chi connectivity index (χ3v) is 5.91. The lowest BCUT2D eigenvalue weighted by atomic mass is 10.3. The summed E-state index contributed by atoms with van der Waals surface area (Å²) in [6.07, 6.45) is 0. The van der Waals surface area contributed by atoms with Gasteiger partial charge >= 0.3 is 0 Å². The maximum absolute atomic E-state index is 11.9. The second-order valence-corrected chi connectivity index (χ2v) is 8.33. The molecule has 2 rings (SSSR count). The number of halogens is 1. The van der Waals surface area contributed by atoms with E-state index in [-0.39, 0.29) is 17.4 Å². The molecule has 0 saturated heterocycles. The van der Waals surface area contributed by atoms with Crippen molar-refractivity contribution in [2.75, 3.05) is 18.9 Å². The van der Waals surface area contributed by atoms with E-state index in [2.05, 4.69) is 20.7 Å². The van der Waals surface area contributed by atoms with Crippen LogP contribution in [0.15, 0.2) is 44.4 Å². The number of benzene rings is 1. The van der Waals surface area contributed by atoms with Gasteiger partial charge in [0.25, 0.3) is 0 Å². The first-order valence-electron chi connectivity index (χ1n) is 5.71. The molecule has 0 unspecified atom stereocenters. The minimum Gasteiger partial charge on any atom is -0.492 e. The Morgan fingerprint density at radius 2 is 2.10 bits per heavy atom. The van der Waals surface area contributed by atoms with Gasteiger partial charge in [0.2, 0.25) is 10.0 Å². The maximum atomic E-state index is 11.9. The summed E-state index contributed by atoms with van der Waals surface area (Å²) in [4.78, 5) is 0. The Kier molecular flexibility index (Phi) is 5.03. The molecule has 0 bridgehead atoms. The molecule has 20 heavy (non-hydrogen) atoms. The average molecular weight is 377 g/mol. The van der Waals surface area contributed by atoms with Gasteiger partial charge in [0, 0.05) is 18.3 Å². The molecular weight excluding hydrogens is 364 g/mol. The molecule has 0 spiro atoms. The van der Waals surface area contributed by atoms with E-state index >= 15 is 0 Å². The lowest BCUT2D eigenvalue weighted by molar-refractivity contribution is 0.323. The zero-order valence-corrected chi connectivity index (χ0v) is 13.6. The van der Waals surface area contributed by atoms with Crippen LogP contribution in [0.3, 0.4) is 0 Å². The zero-order valence-electron chi connectivity index (χ0n) is 10.4. The normalized spacial score (nSPS) is 11.4. The standard InChI is InChI=1S/C12H13BrN2O3S2/c13-11-4-5-12(19-11)20(16,17)15-6-7-18-10-3-1-2-9(14)8-10/h1-5,8,15H,6-7,14H2. The summed E-state index contributed by atoms with van der Waals surface area (Å²) < 4.78 is 32.8. The minimum atomic E-state index is -3.47. The van der Waals surface area contributed by atoms with Crippen LogP contribution in [0.2, 0.25) is 0 Å². The second kappa shape index (κ2) is 6.57. The van der Waals surface area contributed by atoms with Gasteiger partial charge in [-0.2, -0.15) is 0 Å². The largest absolute Gasteiger partial charge is 0.492 e. The van der Waals surface area contributed by atoms with E-state index in [0.29, 0.717) is 11.4 Å². The van der Waals surface area contributed by atoms with E-state index in [4.69, 9.17) is 10.5 Å². The number of thiophene rings is 1. The number of hydrogen-bond acceptors (Lipinski definition) is 5. The lowest BCUT2D eigenvalue weighted by Gasteiger charge is -2.07. The molecule has 2 aromatic rings. The molecule has 0 aliphatic rings. The summed E-state index contributed by atoms with van der Waals surface area (Å²) in [6.45, 7) is 0.419. The molecule has 0 aliphatic heterocycles. The molecule has 1 aromatic carbocycles. The van der Waals surface area contributed by atoms with Crippen molar-refractivity contribution < 1.29 is 13.2 Å². The molecule has 5 nitrogen and oxygen atoms in total. The van der Waals surface area contributed by atoms with Crippen LogP contribution >= 0.6 is 27.3 Å². The van der Waals surface area contributed by atoms with Crippen molar-refractivity contribution in [2.24, 2.45) is 0 Å². The van der Waals surface area contributed by atoms with E-state index in [1.165, 1.54) is 0 Å². The number of rotatable bonds is 6. The van der Waals surface area contributed by atoms with Crippen molar-refractivity contribution in [1.82, 2.24) is 4.72 Å². The second-order valence-electron chi connectivity index (χ2n) is 3.88. The zero-order chi connectivity index (χ0) is 14.6. The van der Waals surface area contributed by atoms with Gasteiger partial charge in [-0.25, -0.2) is 13.1 Å². The molecule has 3 N–H and O–H groups in total. The fraction of sp³-hybridized carbons (Fsp3) is 0.167. The van der Waals surface area contributed by atoms with E-state index in [1.807, 2.05) is 0 Å². The molecule has 0 saturated carbocycles. The monoisotopic (exact) mass is 376 g/mol. The molecule has 0 aliphatic carbocycles. The van der Waals surface area contributed by atoms with Crippen LogP contribution in [-0.2, 0) is 10.0 Å². The Bertz CT molecular complexity index is 686. The average Bonchev–Trinajstić information content (AvgIpc) is 2.82. The van der Waals surface area contributed by atoms with Gasteiger partial charge in [-0.1, -0.05) is 6.07 Å². The third-order valence-electron chi connectivity index (χ3n) is 2.33. The van der Waals surface area contributed by atoms with Crippen LogP contribution < -0.4 is 15.2 Å². The van der Waals surface area contributed by atoms with Crippen LogP contribution in [0.25, 0.3) is 0 Å². The van der Waals surface area contributed by atoms with Crippen LogP contribution in [0.4, 0.5) is 5.69 Å². The summed E-state index contributed by atoms with van der Waals surface area (Å²) in [7, 11) is -3.47. The first-order valence-corrected chi connectivity index (χ1v) is 8.80. The molecule has 0 fully saturated rings. The van der Waals surface area contributed by atoms with Gasteiger partial charge in [-0.3, -0.25) is 0 Å². The van der Waals surface area contributed by atoms with E-state index < -0.39 is 10.0 Å². The Morgan fingerprint density at radius 3 is 2.75 bits per heavy atom. The molecule has 8 heteroatoms. The highest BCUT2D eigenvalue weighted by Crippen LogP contribution is 2.25. The van der Waals surface area contributed by atoms with Crippen molar-refractivity contribution >= 4 is 43.0 Å². The van der Waals surface area contributed by atoms with Crippen LogP contribution in [0.1, 0.15) is 0 Å². The van der Waals surface area contributed by atoms with Crippen LogP contribution in [-0.4, -0.2) is 21.6 Å². The minimum absolute atomic E-state index is 0.187. The fourth-order valence-electron chi connectivity index (χ4n) is 1.46. The number of nitrogen functional groups attached to an aromatic ring is 1. The van der Waals surface area contributed by atoms with Gasteiger partial charge in [0.1, 0.15) is 16.6 Å². The molecule has 0 amide bonds. The maximum Gasteiger partial charge on any atom is 0.250 e. The summed E-state index contributed by atoms with van der Waals surface area (Å²) in [5.41, 5.74) is 6.22. The van der Waals surface area contributed by atoms with Crippen LogP contribution in [0, 0.1) is 0 Å². The summed E-state index contributed by atoms with van der Waals surface area (Å²) >= 11 is 4.39. The van der Waals surface area contributed by atoms with Crippen molar-refractivity contribution in [2.45, 2.75) is 4.21 Å². The number of nitrogens with two attached hydrogens (primary N) is 1. The summed E-state index contributed by atoms with van der Waals surface area (Å²) in [5.74, 6) is 0.614. The lowest BCUT2D eigenvalue weighted by Crippen LogP contribution is -2.27. The molecule has 108 valence electrons. The Balaban J connectivity index is 1.84. The highest BCUT2D eigenvalue weighted by molar-refractivity contribution is 9.11. The highest BCUT2D eigenvalue weighted by Gasteiger charge is 2.15. The number of ether oxygens (including phenoxy) is 1. The predicted octanol–water partition coefficient (Wildman–Crippen LogP) is 2.45. The molecule has 0 atom stereocenters. The molecule has 0 radical (unpaired) electrons. The highest BCUT2D eigenvalue weighted by atomic mass is 79.9. The van der Waals surface area contributed by atoms with Gasteiger partial charge in [-0.05, 0) is 40.2 Å². The fourth-order valence-corrected chi connectivity index (χ4v) is 4.53. The van der Waals surface area contributed by atoms with E-state index in [9.17, 15) is 8.42 Å². The van der Waals surface area contributed by atoms with Crippen LogP contribution in [0.5, 0.6) is 5.75 Å². The first-order chi connectivity index (χ1) is 9.47. The van der Waals surface area contributed by atoms with Crippen molar-refractivity contribution in [1.29, 1.82) is 0 Å². The quantitative estimate of drug-likeness (QED) is 0.599.